The predicted molar refractivity (Wildman–Crippen MR) is 101 cm³/mol. The zero-order chi connectivity index (χ0) is 20.1. The van der Waals surface area contributed by atoms with Crippen LogP contribution in [0.1, 0.15) is 26.5 Å². The number of hydrogen-bond acceptors (Lipinski definition) is 6. The molecule has 0 fully saturated rings. The summed E-state index contributed by atoms with van der Waals surface area (Å²) in [5.74, 6) is -1.75. The highest BCUT2D eigenvalue weighted by Crippen LogP contribution is 2.25. The van der Waals surface area contributed by atoms with Crippen molar-refractivity contribution in [3.05, 3.63) is 71.5 Å². The van der Waals surface area contributed by atoms with Crippen molar-refractivity contribution >= 4 is 23.5 Å². The van der Waals surface area contributed by atoms with Gasteiger partial charge >= 0.3 is 5.97 Å². The van der Waals surface area contributed by atoms with Crippen LogP contribution < -0.4 is 11.1 Å². The molecule has 8 heteroatoms. The minimum Gasteiger partial charge on any atom is -0.452 e. The van der Waals surface area contributed by atoms with Crippen LogP contribution in [0.5, 0.6) is 0 Å². The smallest absolute Gasteiger partial charge is 0.344 e. The molecule has 0 saturated heterocycles. The highest BCUT2D eigenvalue weighted by atomic mass is 16.5. The van der Waals surface area contributed by atoms with Crippen LogP contribution in [0.4, 0.5) is 5.69 Å². The van der Waals surface area contributed by atoms with Crippen molar-refractivity contribution in [3.8, 4) is 11.3 Å². The molecule has 142 valence electrons. The Morgan fingerprint density at radius 3 is 2.46 bits per heavy atom. The third-order valence-corrected chi connectivity index (χ3v) is 3.92. The number of nitrogens with one attached hydrogen (secondary N) is 1. The molecule has 2 amide bonds. The molecule has 0 unspecified atom stereocenters. The Labute approximate surface area is 160 Å². The lowest BCUT2D eigenvalue weighted by molar-refractivity contribution is -0.119. The maximum Gasteiger partial charge on any atom is 0.344 e. The average molecular weight is 379 g/mol. The van der Waals surface area contributed by atoms with Gasteiger partial charge in [0.2, 0.25) is 0 Å². The van der Waals surface area contributed by atoms with Crippen molar-refractivity contribution in [2.75, 3.05) is 11.9 Å². The van der Waals surface area contributed by atoms with Gasteiger partial charge in [0, 0.05) is 5.56 Å². The summed E-state index contributed by atoms with van der Waals surface area (Å²) in [5.41, 5.74) is 6.84. The number of hydrogen-bond donors (Lipinski definition) is 2. The van der Waals surface area contributed by atoms with Crippen LogP contribution in [0, 0.1) is 6.92 Å². The summed E-state index contributed by atoms with van der Waals surface area (Å²) in [6.45, 7) is 1.03. The van der Waals surface area contributed by atoms with Gasteiger partial charge in [-0.2, -0.15) is 0 Å². The Bertz CT molecular complexity index is 1030. The van der Waals surface area contributed by atoms with Gasteiger partial charge < -0.3 is 20.3 Å². The van der Waals surface area contributed by atoms with E-state index in [1.807, 2.05) is 6.07 Å². The van der Waals surface area contributed by atoms with Crippen LogP contribution in [0.15, 0.2) is 59.1 Å². The molecule has 2 aromatic carbocycles. The van der Waals surface area contributed by atoms with Crippen LogP contribution in [0.2, 0.25) is 0 Å². The van der Waals surface area contributed by atoms with Gasteiger partial charge in [0.05, 0.1) is 11.3 Å². The number of rotatable bonds is 6. The summed E-state index contributed by atoms with van der Waals surface area (Å²) in [6, 6.07) is 15.3. The van der Waals surface area contributed by atoms with Crippen molar-refractivity contribution < 1.29 is 23.6 Å². The Hall–Kier alpha value is -3.94. The van der Waals surface area contributed by atoms with Gasteiger partial charge in [-0.25, -0.2) is 4.79 Å². The zero-order valence-electron chi connectivity index (χ0n) is 15.0. The van der Waals surface area contributed by atoms with Crippen LogP contribution in [0.3, 0.4) is 0 Å². The van der Waals surface area contributed by atoms with Crippen LogP contribution in [-0.4, -0.2) is 29.5 Å². The molecule has 0 saturated carbocycles. The Kier molecular flexibility index (Phi) is 5.50. The normalized spacial score (nSPS) is 10.3. The van der Waals surface area contributed by atoms with Gasteiger partial charge in [0.1, 0.15) is 17.0 Å². The summed E-state index contributed by atoms with van der Waals surface area (Å²) >= 11 is 0. The van der Waals surface area contributed by atoms with E-state index in [-0.39, 0.29) is 22.6 Å². The topological polar surface area (TPSA) is 125 Å². The van der Waals surface area contributed by atoms with E-state index in [4.69, 9.17) is 15.0 Å². The van der Waals surface area contributed by atoms with Crippen molar-refractivity contribution in [1.82, 2.24) is 5.16 Å². The van der Waals surface area contributed by atoms with E-state index in [1.54, 1.807) is 43.3 Å². The fourth-order valence-electron chi connectivity index (χ4n) is 2.60. The number of aromatic nitrogens is 1. The molecular formula is C20H17N3O5. The molecule has 3 aromatic rings. The number of amides is 2. The maximum atomic E-state index is 12.5. The van der Waals surface area contributed by atoms with Gasteiger partial charge in [-0.3, -0.25) is 9.59 Å². The number of carbonyl (C=O) groups excluding carboxylic acids is 3. The highest BCUT2D eigenvalue weighted by Gasteiger charge is 2.23. The lowest BCUT2D eigenvalue weighted by Gasteiger charge is -2.09. The number of ether oxygens (including phenoxy) is 1. The first kappa shape index (κ1) is 18.8. The van der Waals surface area contributed by atoms with Gasteiger partial charge in [-0.15, -0.1) is 0 Å². The number of nitrogens with two attached hydrogens (primary N) is 1. The zero-order valence-corrected chi connectivity index (χ0v) is 15.0. The van der Waals surface area contributed by atoms with E-state index in [0.29, 0.717) is 11.3 Å². The number of anilines is 1. The Morgan fingerprint density at radius 1 is 1.07 bits per heavy atom. The molecule has 0 bridgehead atoms. The van der Waals surface area contributed by atoms with E-state index in [0.717, 1.165) is 0 Å². The molecule has 0 aliphatic carbocycles. The summed E-state index contributed by atoms with van der Waals surface area (Å²) in [4.78, 5) is 36.0. The first-order chi connectivity index (χ1) is 13.5. The van der Waals surface area contributed by atoms with Crippen LogP contribution in [-0.2, 0) is 9.53 Å². The van der Waals surface area contributed by atoms with Crippen LogP contribution >= 0.6 is 0 Å². The molecule has 0 aliphatic rings. The van der Waals surface area contributed by atoms with E-state index in [2.05, 4.69) is 10.5 Å². The van der Waals surface area contributed by atoms with Crippen molar-refractivity contribution in [2.45, 2.75) is 6.92 Å². The second kappa shape index (κ2) is 8.17. The SMILES string of the molecule is Cc1onc(-c2ccccc2)c1C(=O)OCC(=O)Nc1ccccc1C(N)=O. The molecular weight excluding hydrogens is 362 g/mol. The summed E-state index contributed by atoms with van der Waals surface area (Å²) in [7, 11) is 0. The summed E-state index contributed by atoms with van der Waals surface area (Å²) in [6.07, 6.45) is 0. The average Bonchev–Trinajstić information content (AvgIpc) is 3.08. The number of carbonyl (C=O) groups is 3. The highest BCUT2D eigenvalue weighted by molar-refractivity contribution is 6.04. The molecule has 3 N–H and O–H groups in total. The molecule has 28 heavy (non-hydrogen) atoms. The van der Waals surface area contributed by atoms with Crippen LogP contribution in [0.25, 0.3) is 11.3 Å². The van der Waals surface area contributed by atoms with E-state index in [1.165, 1.54) is 12.1 Å². The minimum atomic E-state index is -0.740. The predicted octanol–water partition coefficient (Wildman–Crippen LogP) is 2.54. The molecule has 3 rings (SSSR count). The quantitative estimate of drug-likeness (QED) is 0.634. The minimum absolute atomic E-state index is 0.150. The fraction of sp³-hybridized carbons (Fsp3) is 0.100. The molecule has 8 nitrogen and oxygen atoms in total. The second-order valence-electron chi connectivity index (χ2n) is 5.86. The molecule has 0 aliphatic heterocycles. The van der Waals surface area contributed by atoms with Gasteiger partial charge in [-0.05, 0) is 19.1 Å². The standard InChI is InChI=1S/C20H17N3O5/c1-12-17(18(23-28-12)13-7-3-2-4-8-13)20(26)27-11-16(24)22-15-10-6-5-9-14(15)19(21)25/h2-10H,11H2,1H3,(H2,21,25)(H,22,24). The maximum absolute atomic E-state index is 12.5. The number of para-hydroxylation sites is 1. The third-order valence-electron chi connectivity index (χ3n) is 3.92. The largest absolute Gasteiger partial charge is 0.452 e. The molecule has 1 aromatic heterocycles. The number of nitrogens with zero attached hydrogens (tertiary/aromatic N) is 1. The summed E-state index contributed by atoms with van der Waals surface area (Å²) < 4.78 is 10.2. The molecule has 0 radical (unpaired) electrons. The first-order valence-electron chi connectivity index (χ1n) is 8.35. The van der Waals surface area contributed by atoms with Crippen molar-refractivity contribution in [2.24, 2.45) is 5.73 Å². The summed E-state index contributed by atoms with van der Waals surface area (Å²) in [5, 5.41) is 6.40. The van der Waals surface area contributed by atoms with Gasteiger partial charge in [0.15, 0.2) is 6.61 Å². The van der Waals surface area contributed by atoms with E-state index >= 15 is 0 Å². The van der Waals surface area contributed by atoms with Crippen molar-refractivity contribution in [1.29, 1.82) is 0 Å². The number of primary amides is 1. The number of aryl methyl sites for hydroxylation is 1. The fourth-order valence-corrected chi connectivity index (χ4v) is 2.60. The monoisotopic (exact) mass is 379 g/mol. The Morgan fingerprint density at radius 2 is 1.75 bits per heavy atom. The van der Waals surface area contributed by atoms with Gasteiger partial charge in [-0.1, -0.05) is 47.6 Å². The van der Waals surface area contributed by atoms with E-state index < -0.39 is 24.4 Å². The molecule has 0 spiro atoms. The number of esters is 1. The molecule has 0 atom stereocenters. The van der Waals surface area contributed by atoms with E-state index in [9.17, 15) is 14.4 Å². The third kappa shape index (κ3) is 4.07. The lowest BCUT2D eigenvalue weighted by atomic mass is 10.1. The Balaban J connectivity index is 1.69. The van der Waals surface area contributed by atoms with Crippen molar-refractivity contribution in [3.63, 3.8) is 0 Å². The molecule has 1 heterocycles. The second-order valence-corrected chi connectivity index (χ2v) is 5.86. The van der Waals surface area contributed by atoms with Gasteiger partial charge in [0.25, 0.3) is 11.8 Å². The number of benzene rings is 2. The lowest BCUT2D eigenvalue weighted by Crippen LogP contribution is -2.23. The first-order valence-corrected chi connectivity index (χ1v) is 8.35.